The summed E-state index contributed by atoms with van der Waals surface area (Å²) < 4.78 is 5.14. The Kier molecular flexibility index (Phi) is 4.21. The number of hydrogen-bond acceptors (Lipinski definition) is 7. The van der Waals surface area contributed by atoms with E-state index in [4.69, 9.17) is 15.7 Å². The quantitative estimate of drug-likeness (QED) is 0.712. The van der Waals surface area contributed by atoms with Crippen molar-refractivity contribution in [3.05, 3.63) is 54.1 Å². The van der Waals surface area contributed by atoms with Gasteiger partial charge in [-0.2, -0.15) is 20.2 Å². The number of methoxy groups -OCH3 is 1. The standard InChI is InChI=1S/C17H14N6O/c1-24-17-22-15(12-4-6-13(19)7-5-12)21-16(23-17)20-14-8-2-11(10-18)3-9-14/h2-9H,19H2,1H3,(H,20,21,22,23). The summed E-state index contributed by atoms with van der Waals surface area (Å²) in [5.41, 5.74) is 8.50. The highest BCUT2D eigenvalue weighted by Crippen LogP contribution is 2.22. The van der Waals surface area contributed by atoms with E-state index in [-0.39, 0.29) is 6.01 Å². The molecule has 24 heavy (non-hydrogen) atoms. The molecule has 1 heterocycles. The lowest BCUT2D eigenvalue weighted by Crippen LogP contribution is -2.03. The highest BCUT2D eigenvalue weighted by molar-refractivity contribution is 5.62. The topological polar surface area (TPSA) is 110 Å². The Bertz CT molecular complexity index is 884. The van der Waals surface area contributed by atoms with E-state index in [2.05, 4.69) is 26.3 Å². The number of hydrogen-bond donors (Lipinski definition) is 2. The van der Waals surface area contributed by atoms with E-state index in [0.717, 1.165) is 11.3 Å². The first-order valence-corrected chi connectivity index (χ1v) is 7.11. The van der Waals surface area contributed by atoms with E-state index in [1.807, 2.05) is 12.1 Å². The summed E-state index contributed by atoms with van der Waals surface area (Å²) in [7, 11) is 1.49. The number of nitrogens with one attached hydrogen (secondary N) is 1. The number of ether oxygens (including phenoxy) is 1. The van der Waals surface area contributed by atoms with Gasteiger partial charge >= 0.3 is 6.01 Å². The third kappa shape index (κ3) is 3.39. The van der Waals surface area contributed by atoms with Crippen molar-refractivity contribution in [3.8, 4) is 23.5 Å². The van der Waals surface area contributed by atoms with E-state index in [1.54, 1.807) is 36.4 Å². The van der Waals surface area contributed by atoms with Gasteiger partial charge in [-0.25, -0.2) is 0 Å². The van der Waals surface area contributed by atoms with Crippen LogP contribution in [0.25, 0.3) is 11.4 Å². The normalized spacial score (nSPS) is 10.0. The maximum Gasteiger partial charge on any atom is 0.321 e. The van der Waals surface area contributed by atoms with Gasteiger partial charge in [0.1, 0.15) is 0 Å². The van der Waals surface area contributed by atoms with Crippen LogP contribution in [-0.4, -0.2) is 22.1 Å². The van der Waals surface area contributed by atoms with E-state index in [9.17, 15) is 0 Å². The lowest BCUT2D eigenvalue weighted by molar-refractivity contribution is 0.379. The number of nitriles is 1. The Morgan fingerprint density at radius 2 is 1.71 bits per heavy atom. The summed E-state index contributed by atoms with van der Waals surface area (Å²) in [5.74, 6) is 0.816. The molecule has 7 nitrogen and oxygen atoms in total. The number of aromatic nitrogens is 3. The second-order valence-electron chi connectivity index (χ2n) is 4.91. The molecule has 3 N–H and O–H groups in total. The summed E-state index contributed by atoms with van der Waals surface area (Å²) in [6.45, 7) is 0. The maximum absolute atomic E-state index is 8.84. The molecule has 0 aliphatic heterocycles. The van der Waals surface area contributed by atoms with Crippen LogP contribution in [0.3, 0.4) is 0 Å². The first-order valence-electron chi connectivity index (χ1n) is 7.11. The molecule has 118 valence electrons. The Labute approximate surface area is 138 Å². The average molecular weight is 318 g/mol. The van der Waals surface area contributed by atoms with Gasteiger partial charge in [-0.3, -0.25) is 0 Å². The molecule has 0 saturated heterocycles. The summed E-state index contributed by atoms with van der Waals surface area (Å²) >= 11 is 0. The Morgan fingerprint density at radius 3 is 2.33 bits per heavy atom. The van der Waals surface area contributed by atoms with E-state index in [1.165, 1.54) is 7.11 Å². The lowest BCUT2D eigenvalue weighted by Gasteiger charge is -2.08. The molecule has 0 unspecified atom stereocenters. The molecule has 0 saturated carbocycles. The van der Waals surface area contributed by atoms with Crippen LogP contribution in [0.5, 0.6) is 6.01 Å². The molecule has 0 fully saturated rings. The molecule has 0 spiro atoms. The molecular weight excluding hydrogens is 304 g/mol. The molecule has 3 aromatic rings. The predicted octanol–water partition coefficient (Wildman–Crippen LogP) is 2.74. The van der Waals surface area contributed by atoms with Crippen molar-refractivity contribution in [3.63, 3.8) is 0 Å². The largest absolute Gasteiger partial charge is 0.467 e. The highest BCUT2D eigenvalue weighted by atomic mass is 16.5. The molecule has 0 amide bonds. The van der Waals surface area contributed by atoms with Crippen LogP contribution < -0.4 is 15.8 Å². The van der Waals surface area contributed by atoms with Gasteiger partial charge in [0.2, 0.25) is 5.95 Å². The van der Waals surface area contributed by atoms with Crippen molar-refractivity contribution in [1.29, 1.82) is 5.26 Å². The monoisotopic (exact) mass is 318 g/mol. The lowest BCUT2D eigenvalue weighted by atomic mass is 10.2. The number of anilines is 3. The Balaban J connectivity index is 1.93. The minimum Gasteiger partial charge on any atom is -0.467 e. The second-order valence-corrected chi connectivity index (χ2v) is 4.91. The van der Waals surface area contributed by atoms with Crippen molar-refractivity contribution >= 4 is 17.3 Å². The van der Waals surface area contributed by atoms with Gasteiger partial charge in [-0.05, 0) is 48.5 Å². The van der Waals surface area contributed by atoms with Crippen LogP contribution >= 0.6 is 0 Å². The molecule has 0 aliphatic rings. The van der Waals surface area contributed by atoms with Gasteiger partial charge in [0.15, 0.2) is 5.82 Å². The van der Waals surface area contributed by atoms with Gasteiger partial charge in [0.05, 0.1) is 18.7 Å². The van der Waals surface area contributed by atoms with Crippen LogP contribution in [0.2, 0.25) is 0 Å². The van der Waals surface area contributed by atoms with E-state index in [0.29, 0.717) is 23.0 Å². The zero-order valence-electron chi connectivity index (χ0n) is 12.9. The fraction of sp³-hybridized carbons (Fsp3) is 0.0588. The summed E-state index contributed by atoms with van der Waals surface area (Å²) in [6.07, 6.45) is 0. The fourth-order valence-corrected chi connectivity index (χ4v) is 2.02. The van der Waals surface area contributed by atoms with Gasteiger partial charge in [0, 0.05) is 16.9 Å². The van der Waals surface area contributed by atoms with Crippen LogP contribution in [0, 0.1) is 11.3 Å². The molecule has 7 heteroatoms. The molecule has 0 bridgehead atoms. The van der Waals surface area contributed by atoms with E-state index < -0.39 is 0 Å². The number of nitrogen functional groups attached to an aromatic ring is 1. The molecular formula is C17H14N6O. The number of nitrogens with zero attached hydrogens (tertiary/aromatic N) is 4. The molecule has 1 aromatic heterocycles. The molecule has 0 atom stereocenters. The Morgan fingerprint density at radius 1 is 1.00 bits per heavy atom. The summed E-state index contributed by atoms with van der Waals surface area (Å²) in [5, 5.41) is 11.9. The zero-order valence-corrected chi connectivity index (χ0v) is 12.9. The molecule has 3 rings (SSSR count). The summed E-state index contributed by atoms with van der Waals surface area (Å²) in [6, 6.07) is 16.5. The minimum atomic E-state index is 0.202. The van der Waals surface area contributed by atoms with Crippen molar-refractivity contribution in [2.45, 2.75) is 0 Å². The predicted molar refractivity (Wildman–Crippen MR) is 90.7 cm³/mol. The van der Waals surface area contributed by atoms with Crippen LogP contribution in [0.4, 0.5) is 17.3 Å². The number of benzene rings is 2. The van der Waals surface area contributed by atoms with Crippen LogP contribution in [0.15, 0.2) is 48.5 Å². The highest BCUT2D eigenvalue weighted by Gasteiger charge is 2.09. The first-order chi connectivity index (χ1) is 11.7. The van der Waals surface area contributed by atoms with Gasteiger partial charge in [-0.1, -0.05) is 0 Å². The smallest absolute Gasteiger partial charge is 0.321 e. The SMILES string of the molecule is COc1nc(Nc2ccc(C#N)cc2)nc(-c2ccc(N)cc2)n1. The van der Waals surface area contributed by atoms with Gasteiger partial charge in [-0.15, -0.1) is 0 Å². The van der Waals surface area contributed by atoms with Crippen LogP contribution in [-0.2, 0) is 0 Å². The third-order valence-corrected chi connectivity index (χ3v) is 3.24. The van der Waals surface area contributed by atoms with E-state index >= 15 is 0 Å². The number of rotatable bonds is 4. The van der Waals surface area contributed by atoms with Crippen LogP contribution in [0.1, 0.15) is 5.56 Å². The zero-order chi connectivity index (χ0) is 16.9. The van der Waals surface area contributed by atoms with Crippen molar-refractivity contribution < 1.29 is 4.74 Å². The minimum absolute atomic E-state index is 0.202. The summed E-state index contributed by atoms with van der Waals surface area (Å²) in [4.78, 5) is 12.8. The van der Waals surface area contributed by atoms with Crippen molar-refractivity contribution in [2.75, 3.05) is 18.2 Å². The molecule has 0 radical (unpaired) electrons. The van der Waals surface area contributed by atoms with Crippen molar-refractivity contribution in [2.24, 2.45) is 0 Å². The third-order valence-electron chi connectivity index (χ3n) is 3.24. The molecule has 0 aliphatic carbocycles. The van der Waals surface area contributed by atoms with Gasteiger partial charge < -0.3 is 15.8 Å². The second kappa shape index (κ2) is 6.62. The van der Waals surface area contributed by atoms with Crippen molar-refractivity contribution in [1.82, 2.24) is 15.0 Å². The average Bonchev–Trinajstić information content (AvgIpc) is 2.62. The molecule has 2 aromatic carbocycles. The number of nitrogens with two attached hydrogens (primary N) is 1. The van der Waals surface area contributed by atoms with Gasteiger partial charge in [0.25, 0.3) is 0 Å². The first kappa shape index (κ1) is 15.2. The fourth-order valence-electron chi connectivity index (χ4n) is 2.02. The Hall–Kier alpha value is -3.66. The maximum atomic E-state index is 8.84.